The van der Waals surface area contributed by atoms with Crippen LogP contribution in [0.5, 0.6) is 0 Å². The molecular formula is C26H35NS. The number of allylic oxidation sites excluding steroid dienone is 1. The minimum absolute atomic E-state index is 0.534. The molecule has 3 rings (SSSR count). The Labute approximate surface area is 175 Å². The van der Waals surface area contributed by atoms with Gasteiger partial charge in [-0.2, -0.15) is 0 Å². The van der Waals surface area contributed by atoms with E-state index in [1.807, 2.05) is 11.8 Å². The van der Waals surface area contributed by atoms with Crippen LogP contribution in [-0.2, 0) is 12.8 Å². The van der Waals surface area contributed by atoms with Crippen LogP contribution in [-0.4, -0.2) is 0 Å². The van der Waals surface area contributed by atoms with Crippen molar-refractivity contribution < 1.29 is 0 Å². The van der Waals surface area contributed by atoms with Gasteiger partial charge in [0.05, 0.1) is 0 Å². The predicted molar refractivity (Wildman–Crippen MR) is 126 cm³/mol. The number of rotatable bonds is 6. The van der Waals surface area contributed by atoms with Crippen molar-refractivity contribution in [2.45, 2.75) is 77.9 Å². The second-order valence-corrected chi connectivity index (χ2v) is 9.64. The molecule has 2 unspecified atom stereocenters. The van der Waals surface area contributed by atoms with Crippen LogP contribution < -0.4 is 5.73 Å². The molecule has 2 N–H and O–H groups in total. The molecule has 2 aromatic rings. The number of hydrogen-bond acceptors (Lipinski definition) is 2. The smallest absolute Gasteiger partial charge is 0.0346 e. The molecule has 0 bridgehead atoms. The minimum Gasteiger partial charge on any atom is -0.399 e. The normalized spacial score (nSPS) is 18.0. The number of benzene rings is 2. The number of anilines is 1. The molecule has 1 aliphatic rings. The average molecular weight is 394 g/mol. The Morgan fingerprint density at radius 1 is 1.21 bits per heavy atom. The second kappa shape index (κ2) is 9.22. The van der Waals surface area contributed by atoms with Crippen LogP contribution in [0.3, 0.4) is 0 Å². The van der Waals surface area contributed by atoms with Crippen molar-refractivity contribution in [2.24, 2.45) is 0 Å². The van der Waals surface area contributed by atoms with Crippen molar-refractivity contribution in [1.29, 1.82) is 0 Å². The third-order valence-electron chi connectivity index (χ3n) is 6.15. The lowest BCUT2D eigenvalue weighted by molar-refractivity contribution is 0.589. The second-order valence-electron chi connectivity index (χ2n) is 8.56. The number of hydrogen-bond donors (Lipinski definition) is 1. The summed E-state index contributed by atoms with van der Waals surface area (Å²) in [4.78, 5) is 0. The van der Waals surface area contributed by atoms with E-state index in [1.54, 1.807) is 11.1 Å². The van der Waals surface area contributed by atoms with Crippen molar-refractivity contribution >= 4 is 17.4 Å². The highest BCUT2D eigenvalue weighted by atomic mass is 32.2. The van der Waals surface area contributed by atoms with Crippen molar-refractivity contribution in [3.05, 3.63) is 74.7 Å². The van der Waals surface area contributed by atoms with Gasteiger partial charge in [0.1, 0.15) is 0 Å². The van der Waals surface area contributed by atoms with Gasteiger partial charge in [-0.1, -0.05) is 43.7 Å². The predicted octanol–water partition coefficient (Wildman–Crippen LogP) is 7.66. The highest BCUT2D eigenvalue weighted by molar-refractivity contribution is 8.02. The molecule has 2 atom stereocenters. The maximum Gasteiger partial charge on any atom is 0.0346 e. The van der Waals surface area contributed by atoms with E-state index in [4.69, 9.17) is 5.73 Å². The molecule has 1 aliphatic carbocycles. The van der Waals surface area contributed by atoms with Gasteiger partial charge in [0.15, 0.2) is 0 Å². The van der Waals surface area contributed by atoms with Gasteiger partial charge in [-0.05, 0) is 104 Å². The summed E-state index contributed by atoms with van der Waals surface area (Å²) in [6.07, 6.45) is 6.07. The molecule has 0 fully saturated rings. The molecule has 0 saturated heterocycles. The Kier molecular flexibility index (Phi) is 6.93. The summed E-state index contributed by atoms with van der Waals surface area (Å²) in [6, 6.07) is 11.6. The largest absolute Gasteiger partial charge is 0.399 e. The van der Waals surface area contributed by atoms with Crippen LogP contribution in [0.1, 0.15) is 84.6 Å². The van der Waals surface area contributed by atoms with Crippen LogP contribution in [0.25, 0.3) is 0 Å². The summed E-state index contributed by atoms with van der Waals surface area (Å²) in [7, 11) is 0. The van der Waals surface area contributed by atoms with Crippen LogP contribution in [0.2, 0.25) is 0 Å². The van der Waals surface area contributed by atoms with Crippen molar-refractivity contribution in [3.63, 3.8) is 0 Å². The van der Waals surface area contributed by atoms with Gasteiger partial charge in [-0.3, -0.25) is 0 Å². The highest BCUT2D eigenvalue weighted by Crippen LogP contribution is 2.38. The van der Waals surface area contributed by atoms with Gasteiger partial charge in [0.25, 0.3) is 0 Å². The Hall–Kier alpha value is -1.67. The van der Waals surface area contributed by atoms with Crippen LogP contribution in [0.15, 0.2) is 41.3 Å². The van der Waals surface area contributed by atoms with Crippen molar-refractivity contribution in [2.75, 3.05) is 5.73 Å². The standard InChI is InChI=1S/C26H35NS/c1-6-26(22-10-11-24-18(3)8-7-9-21(24)15-22)28-16-17(2)12-23-13-20(5)25(27)14-19(23)4/h10-11,13-16,18,26H,6-9,12,27H2,1-5H3/b17-16+. The van der Waals surface area contributed by atoms with Gasteiger partial charge >= 0.3 is 0 Å². The molecule has 0 spiro atoms. The molecule has 150 valence electrons. The van der Waals surface area contributed by atoms with Gasteiger partial charge in [0, 0.05) is 10.9 Å². The van der Waals surface area contributed by atoms with E-state index in [1.165, 1.54) is 47.1 Å². The van der Waals surface area contributed by atoms with E-state index < -0.39 is 0 Å². The topological polar surface area (TPSA) is 26.0 Å². The molecule has 0 radical (unpaired) electrons. The van der Waals surface area contributed by atoms with E-state index in [9.17, 15) is 0 Å². The SMILES string of the molecule is CCC(S/C=C(\C)Cc1cc(C)c(N)cc1C)c1ccc2c(c1)CCCC2C. The molecule has 28 heavy (non-hydrogen) atoms. The van der Waals surface area contributed by atoms with E-state index in [0.29, 0.717) is 5.25 Å². The lowest BCUT2D eigenvalue weighted by Gasteiger charge is -2.24. The molecule has 0 amide bonds. The maximum absolute atomic E-state index is 6.04. The first-order valence-electron chi connectivity index (χ1n) is 10.7. The quantitative estimate of drug-likeness (QED) is 0.510. The zero-order chi connectivity index (χ0) is 20.3. The summed E-state index contributed by atoms with van der Waals surface area (Å²) in [5.41, 5.74) is 16.9. The first kappa shape index (κ1) is 21.0. The first-order valence-corrected chi connectivity index (χ1v) is 11.6. The van der Waals surface area contributed by atoms with Crippen molar-refractivity contribution in [3.8, 4) is 0 Å². The maximum atomic E-state index is 6.04. The zero-order valence-corrected chi connectivity index (χ0v) is 19.0. The number of fused-ring (bicyclic) bond motifs is 1. The molecule has 2 heteroatoms. The summed E-state index contributed by atoms with van der Waals surface area (Å²) >= 11 is 1.98. The van der Waals surface area contributed by atoms with E-state index >= 15 is 0 Å². The zero-order valence-electron chi connectivity index (χ0n) is 18.1. The van der Waals surface area contributed by atoms with Gasteiger partial charge < -0.3 is 5.73 Å². The number of aryl methyl sites for hydroxylation is 3. The van der Waals surface area contributed by atoms with Gasteiger partial charge in [-0.15, -0.1) is 11.8 Å². The molecule has 1 nitrogen and oxygen atoms in total. The number of nitrogen functional groups attached to an aromatic ring is 1. The molecule has 0 saturated carbocycles. The lowest BCUT2D eigenvalue weighted by atomic mass is 9.83. The average Bonchev–Trinajstić information content (AvgIpc) is 2.67. The molecule has 0 aliphatic heterocycles. The Balaban J connectivity index is 1.72. The third kappa shape index (κ3) is 4.84. The summed E-state index contributed by atoms with van der Waals surface area (Å²) in [6.45, 7) is 11.2. The van der Waals surface area contributed by atoms with Crippen LogP contribution in [0, 0.1) is 13.8 Å². The van der Waals surface area contributed by atoms with Gasteiger partial charge in [0.2, 0.25) is 0 Å². The summed E-state index contributed by atoms with van der Waals surface area (Å²) in [5, 5.41) is 2.91. The Morgan fingerprint density at radius 3 is 2.75 bits per heavy atom. The fourth-order valence-corrected chi connectivity index (χ4v) is 5.29. The van der Waals surface area contributed by atoms with E-state index in [2.05, 4.69) is 70.4 Å². The fourth-order valence-electron chi connectivity index (χ4n) is 4.32. The lowest BCUT2D eigenvalue weighted by Crippen LogP contribution is -2.08. The van der Waals surface area contributed by atoms with Crippen molar-refractivity contribution in [1.82, 2.24) is 0 Å². The first-order chi connectivity index (χ1) is 13.4. The molecule has 0 aromatic heterocycles. The Bertz CT molecular complexity index is 865. The summed E-state index contributed by atoms with van der Waals surface area (Å²) in [5.74, 6) is 0.722. The highest BCUT2D eigenvalue weighted by Gasteiger charge is 2.18. The third-order valence-corrected chi connectivity index (χ3v) is 7.62. The van der Waals surface area contributed by atoms with E-state index in [0.717, 1.165) is 24.4 Å². The van der Waals surface area contributed by atoms with Crippen LogP contribution >= 0.6 is 11.8 Å². The van der Waals surface area contributed by atoms with Gasteiger partial charge in [-0.25, -0.2) is 0 Å². The molecule has 0 heterocycles. The number of nitrogens with two attached hydrogens (primary N) is 1. The monoisotopic (exact) mass is 393 g/mol. The summed E-state index contributed by atoms with van der Waals surface area (Å²) < 4.78 is 0. The molecular weight excluding hydrogens is 358 g/mol. The molecule has 2 aromatic carbocycles. The number of thioether (sulfide) groups is 1. The minimum atomic E-state index is 0.534. The van der Waals surface area contributed by atoms with Crippen LogP contribution in [0.4, 0.5) is 5.69 Å². The Morgan fingerprint density at radius 2 is 2.00 bits per heavy atom. The fraction of sp³-hybridized carbons (Fsp3) is 0.462. The van der Waals surface area contributed by atoms with E-state index in [-0.39, 0.29) is 0 Å².